The van der Waals surface area contributed by atoms with Crippen LogP contribution in [0.5, 0.6) is 0 Å². The molecule has 0 aliphatic rings. The van der Waals surface area contributed by atoms with E-state index < -0.39 is 6.04 Å². The minimum Gasteiger partial charge on any atom is -0.352 e. The van der Waals surface area contributed by atoms with Crippen LogP contribution in [0.15, 0.2) is 83.3 Å². The first-order valence-electron chi connectivity index (χ1n) is 12.1. The van der Waals surface area contributed by atoms with Gasteiger partial charge in [-0.15, -0.1) is 11.8 Å². The average Bonchev–Trinajstić information content (AvgIpc) is 2.87. The van der Waals surface area contributed by atoms with Gasteiger partial charge in [-0.05, 0) is 54.3 Å². The molecule has 0 aromatic heterocycles. The third-order valence-electron chi connectivity index (χ3n) is 5.92. The van der Waals surface area contributed by atoms with E-state index in [1.807, 2.05) is 68.4 Å². The molecular weight excluding hydrogens is 539 g/mol. The van der Waals surface area contributed by atoms with Gasteiger partial charge in [0, 0.05) is 29.2 Å². The van der Waals surface area contributed by atoms with Crippen LogP contribution in [-0.4, -0.2) is 34.6 Å². The van der Waals surface area contributed by atoms with Crippen molar-refractivity contribution in [3.05, 3.63) is 106 Å². The summed E-state index contributed by atoms with van der Waals surface area (Å²) in [5.41, 5.74) is 2.88. The second-order valence-corrected chi connectivity index (χ2v) is 10.7. The standard InChI is InChI=1S/C29H32BrFN2O2S/c1-3-21(2)32-29(35)27(17-22-8-5-4-6-9-22)33(18-24-10-7-11-25(30)16-24)28(34)20-36-19-23-12-14-26(31)15-13-23/h4-16,21,27H,3,17-20H2,1-2H3,(H,32,35)/t21-,27+/m1/s1. The van der Waals surface area contributed by atoms with Crippen LogP contribution in [-0.2, 0) is 28.3 Å². The van der Waals surface area contributed by atoms with E-state index >= 15 is 0 Å². The van der Waals surface area contributed by atoms with Crippen molar-refractivity contribution in [3.63, 3.8) is 0 Å². The van der Waals surface area contributed by atoms with Crippen molar-refractivity contribution in [1.29, 1.82) is 0 Å². The molecule has 2 atom stereocenters. The fraction of sp³-hybridized carbons (Fsp3) is 0.310. The lowest BCUT2D eigenvalue weighted by Crippen LogP contribution is -2.52. The summed E-state index contributed by atoms with van der Waals surface area (Å²) in [6.07, 6.45) is 1.22. The Labute approximate surface area is 225 Å². The van der Waals surface area contributed by atoms with Gasteiger partial charge in [0.15, 0.2) is 0 Å². The first-order chi connectivity index (χ1) is 17.4. The summed E-state index contributed by atoms with van der Waals surface area (Å²) in [4.78, 5) is 28.8. The molecule has 4 nitrogen and oxygen atoms in total. The second-order valence-electron chi connectivity index (χ2n) is 8.79. The van der Waals surface area contributed by atoms with Crippen molar-refractivity contribution < 1.29 is 14.0 Å². The lowest BCUT2D eigenvalue weighted by atomic mass is 10.0. The molecule has 0 heterocycles. The van der Waals surface area contributed by atoms with Crippen molar-refractivity contribution >= 4 is 39.5 Å². The van der Waals surface area contributed by atoms with E-state index in [0.717, 1.165) is 27.6 Å². The van der Waals surface area contributed by atoms with E-state index in [4.69, 9.17) is 0 Å². The minimum atomic E-state index is -0.653. The zero-order valence-corrected chi connectivity index (χ0v) is 23.0. The van der Waals surface area contributed by atoms with Crippen molar-refractivity contribution in [1.82, 2.24) is 10.2 Å². The van der Waals surface area contributed by atoms with Gasteiger partial charge < -0.3 is 10.2 Å². The van der Waals surface area contributed by atoms with Gasteiger partial charge in [0.25, 0.3) is 0 Å². The Morgan fingerprint density at radius 2 is 1.67 bits per heavy atom. The lowest BCUT2D eigenvalue weighted by Gasteiger charge is -2.32. The minimum absolute atomic E-state index is 0.00597. The Morgan fingerprint density at radius 3 is 2.33 bits per heavy atom. The Morgan fingerprint density at radius 1 is 0.972 bits per heavy atom. The number of nitrogens with zero attached hydrogens (tertiary/aromatic N) is 1. The largest absolute Gasteiger partial charge is 0.352 e. The van der Waals surface area contributed by atoms with Gasteiger partial charge in [-0.25, -0.2) is 4.39 Å². The topological polar surface area (TPSA) is 49.4 Å². The SMILES string of the molecule is CC[C@@H](C)NC(=O)[C@H](Cc1ccccc1)N(Cc1cccc(Br)c1)C(=O)CSCc1ccc(F)cc1. The van der Waals surface area contributed by atoms with Gasteiger partial charge >= 0.3 is 0 Å². The number of carbonyl (C=O) groups is 2. The maximum Gasteiger partial charge on any atom is 0.243 e. The molecule has 0 spiro atoms. The molecule has 0 fully saturated rings. The van der Waals surface area contributed by atoms with Crippen LogP contribution in [0.2, 0.25) is 0 Å². The molecule has 0 radical (unpaired) electrons. The molecule has 0 aliphatic heterocycles. The quantitative estimate of drug-likeness (QED) is 0.275. The summed E-state index contributed by atoms with van der Waals surface area (Å²) in [5, 5.41) is 3.09. The number of amides is 2. The van der Waals surface area contributed by atoms with E-state index in [0.29, 0.717) is 18.7 Å². The van der Waals surface area contributed by atoms with Crippen LogP contribution in [0.25, 0.3) is 0 Å². The van der Waals surface area contributed by atoms with Gasteiger partial charge in [-0.1, -0.05) is 77.5 Å². The Bertz CT molecular complexity index is 1130. The number of carbonyl (C=O) groups excluding carboxylic acids is 2. The highest BCUT2D eigenvalue weighted by atomic mass is 79.9. The summed E-state index contributed by atoms with van der Waals surface area (Å²) in [6.45, 7) is 4.31. The molecule has 36 heavy (non-hydrogen) atoms. The number of hydrogen-bond donors (Lipinski definition) is 1. The molecule has 0 saturated heterocycles. The molecule has 0 bridgehead atoms. The number of benzene rings is 3. The van der Waals surface area contributed by atoms with Crippen LogP contribution in [0, 0.1) is 5.82 Å². The number of halogens is 2. The summed E-state index contributed by atoms with van der Waals surface area (Å²) >= 11 is 4.97. The summed E-state index contributed by atoms with van der Waals surface area (Å²) in [6, 6.07) is 23.2. The maximum absolute atomic E-state index is 13.6. The molecule has 2 amide bonds. The summed E-state index contributed by atoms with van der Waals surface area (Å²) in [7, 11) is 0. The van der Waals surface area contributed by atoms with Crippen LogP contribution >= 0.6 is 27.7 Å². The van der Waals surface area contributed by atoms with Crippen molar-refractivity contribution in [3.8, 4) is 0 Å². The van der Waals surface area contributed by atoms with Crippen molar-refractivity contribution in [2.45, 2.75) is 51.1 Å². The first-order valence-corrected chi connectivity index (χ1v) is 14.0. The van der Waals surface area contributed by atoms with Crippen molar-refractivity contribution in [2.24, 2.45) is 0 Å². The van der Waals surface area contributed by atoms with Gasteiger partial charge in [0.2, 0.25) is 11.8 Å². The molecule has 7 heteroatoms. The molecule has 0 saturated carbocycles. The van der Waals surface area contributed by atoms with Gasteiger partial charge in [-0.3, -0.25) is 9.59 Å². The third kappa shape index (κ3) is 8.79. The highest BCUT2D eigenvalue weighted by Crippen LogP contribution is 2.20. The van der Waals surface area contributed by atoms with Gasteiger partial charge in [0.1, 0.15) is 11.9 Å². The van der Waals surface area contributed by atoms with Crippen LogP contribution < -0.4 is 5.32 Å². The maximum atomic E-state index is 13.6. The number of thioether (sulfide) groups is 1. The predicted octanol–water partition coefficient (Wildman–Crippen LogP) is 6.38. The lowest BCUT2D eigenvalue weighted by molar-refractivity contribution is -0.139. The Kier molecular flexibility index (Phi) is 11.0. The predicted molar refractivity (Wildman–Crippen MR) is 149 cm³/mol. The number of rotatable bonds is 12. The first kappa shape index (κ1) is 27.9. The van der Waals surface area contributed by atoms with Crippen molar-refractivity contribution in [2.75, 3.05) is 5.75 Å². The Balaban J connectivity index is 1.85. The van der Waals surface area contributed by atoms with E-state index in [1.54, 1.807) is 17.0 Å². The smallest absolute Gasteiger partial charge is 0.243 e. The zero-order valence-electron chi connectivity index (χ0n) is 20.6. The van der Waals surface area contributed by atoms with Crippen LogP contribution in [0.4, 0.5) is 4.39 Å². The van der Waals surface area contributed by atoms with Crippen LogP contribution in [0.3, 0.4) is 0 Å². The highest BCUT2D eigenvalue weighted by Gasteiger charge is 2.30. The van der Waals surface area contributed by atoms with Crippen LogP contribution in [0.1, 0.15) is 37.0 Å². The molecule has 1 N–H and O–H groups in total. The second kappa shape index (κ2) is 14.2. The number of hydrogen-bond acceptors (Lipinski definition) is 3. The molecule has 0 unspecified atom stereocenters. The fourth-order valence-corrected chi connectivity index (χ4v) is 5.06. The van der Waals surface area contributed by atoms with Gasteiger partial charge in [-0.2, -0.15) is 0 Å². The monoisotopic (exact) mass is 570 g/mol. The van der Waals surface area contributed by atoms with E-state index in [9.17, 15) is 14.0 Å². The Hall–Kier alpha value is -2.64. The average molecular weight is 572 g/mol. The van der Waals surface area contributed by atoms with E-state index in [1.165, 1.54) is 23.9 Å². The molecular formula is C29H32BrFN2O2S. The molecule has 190 valence electrons. The summed E-state index contributed by atoms with van der Waals surface area (Å²) < 4.78 is 14.1. The molecule has 3 rings (SSSR count). The third-order valence-corrected chi connectivity index (χ3v) is 7.40. The van der Waals surface area contributed by atoms with E-state index in [2.05, 4.69) is 21.2 Å². The number of nitrogens with one attached hydrogen (secondary N) is 1. The summed E-state index contributed by atoms with van der Waals surface area (Å²) in [5.74, 6) is 0.255. The van der Waals surface area contributed by atoms with Gasteiger partial charge in [0.05, 0.1) is 5.75 Å². The molecule has 0 aliphatic carbocycles. The fourth-order valence-electron chi connectivity index (χ4n) is 3.75. The zero-order chi connectivity index (χ0) is 25.9. The highest BCUT2D eigenvalue weighted by molar-refractivity contribution is 9.10. The molecule has 3 aromatic carbocycles. The van der Waals surface area contributed by atoms with E-state index in [-0.39, 0.29) is 29.4 Å². The normalized spacial score (nSPS) is 12.6. The molecule has 3 aromatic rings.